The van der Waals surface area contributed by atoms with Crippen molar-refractivity contribution in [3.8, 4) is 0 Å². The van der Waals surface area contributed by atoms with Crippen LogP contribution in [0, 0.1) is 11.8 Å². The zero-order valence-electron chi connectivity index (χ0n) is 11.8. The molecule has 1 aliphatic rings. The molecule has 1 saturated heterocycles. The molecule has 0 spiro atoms. The number of nitrogens with zero attached hydrogens (tertiary/aromatic N) is 1. The highest BCUT2D eigenvalue weighted by Crippen LogP contribution is 2.23. The highest BCUT2D eigenvalue weighted by molar-refractivity contribution is 5.83. The number of aliphatic hydroxyl groups is 1. The molecule has 1 rings (SSSR count). The van der Waals surface area contributed by atoms with Crippen LogP contribution in [0.25, 0.3) is 0 Å². The Balaban J connectivity index is 2.69. The first-order valence-corrected chi connectivity index (χ1v) is 6.83. The Morgan fingerprint density at radius 3 is 2.58 bits per heavy atom. The average Bonchev–Trinajstić information content (AvgIpc) is 2.75. The van der Waals surface area contributed by atoms with Crippen molar-refractivity contribution in [1.29, 1.82) is 0 Å². The number of carboxylic acids is 1. The SMILES string of the molecule is CCC(C)[C@H](NC(=O)N1CCC(C)C1CO)C(=O)O. The first-order chi connectivity index (χ1) is 8.92. The fourth-order valence-electron chi connectivity index (χ4n) is 2.44. The molecule has 1 fully saturated rings. The lowest BCUT2D eigenvalue weighted by Crippen LogP contribution is -2.52. The number of urea groups is 1. The standard InChI is InChI=1S/C13H24N2O4/c1-4-8(2)11(12(17)18)14-13(19)15-6-5-9(3)10(15)7-16/h8-11,16H,4-7H2,1-3H3,(H,14,19)(H,17,18)/t8?,9?,10?,11-/m0/s1. The number of carbonyl (C=O) groups is 2. The Morgan fingerprint density at radius 1 is 1.47 bits per heavy atom. The number of aliphatic hydroxyl groups excluding tert-OH is 1. The van der Waals surface area contributed by atoms with Crippen molar-refractivity contribution in [2.24, 2.45) is 11.8 Å². The summed E-state index contributed by atoms with van der Waals surface area (Å²) in [5.74, 6) is -0.910. The zero-order valence-corrected chi connectivity index (χ0v) is 11.8. The molecule has 3 N–H and O–H groups in total. The topological polar surface area (TPSA) is 89.9 Å². The molecule has 0 aromatic heterocycles. The number of carboxylic acid groups (broad SMARTS) is 1. The van der Waals surface area contributed by atoms with Gasteiger partial charge in [-0.05, 0) is 18.3 Å². The van der Waals surface area contributed by atoms with Crippen LogP contribution in [0.4, 0.5) is 4.79 Å². The van der Waals surface area contributed by atoms with E-state index in [1.165, 1.54) is 0 Å². The van der Waals surface area contributed by atoms with Crippen molar-refractivity contribution in [3.63, 3.8) is 0 Å². The van der Waals surface area contributed by atoms with Crippen molar-refractivity contribution >= 4 is 12.0 Å². The van der Waals surface area contributed by atoms with Gasteiger partial charge in [-0.1, -0.05) is 27.2 Å². The Labute approximate surface area is 113 Å². The van der Waals surface area contributed by atoms with Crippen LogP contribution in [0.1, 0.15) is 33.6 Å². The second kappa shape index (κ2) is 6.75. The summed E-state index contributed by atoms with van der Waals surface area (Å²) < 4.78 is 0. The lowest BCUT2D eigenvalue weighted by atomic mass is 9.99. The number of likely N-dealkylation sites (tertiary alicyclic amines) is 1. The molecule has 3 unspecified atom stereocenters. The lowest BCUT2D eigenvalue weighted by Gasteiger charge is -2.28. The quantitative estimate of drug-likeness (QED) is 0.693. The molecule has 0 aromatic carbocycles. The number of aliphatic carboxylic acids is 1. The highest BCUT2D eigenvalue weighted by Gasteiger charge is 2.36. The maximum Gasteiger partial charge on any atom is 0.326 e. The molecule has 0 aliphatic carbocycles. The monoisotopic (exact) mass is 272 g/mol. The molecule has 6 heteroatoms. The second-order valence-corrected chi connectivity index (χ2v) is 5.36. The molecule has 19 heavy (non-hydrogen) atoms. The van der Waals surface area contributed by atoms with Crippen LogP contribution < -0.4 is 5.32 Å². The third-order valence-corrected chi connectivity index (χ3v) is 4.09. The minimum atomic E-state index is -1.02. The van der Waals surface area contributed by atoms with Gasteiger partial charge in [-0.15, -0.1) is 0 Å². The first kappa shape index (κ1) is 15.8. The largest absolute Gasteiger partial charge is 0.480 e. The van der Waals surface area contributed by atoms with Crippen LogP contribution in [0.5, 0.6) is 0 Å². The molecule has 1 aliphatic heterocycles. The molecule has 110 valence electrons. The van der Waals surface area contributed by atoms with Crippen LogP contribution in [0.3, 0.4) is 0 Å². The van der Waals surface area contributed by atoms with Crippen LogP contribution in [0.15, 0.2) is 0 Å². The minimum Gasteiger partial charge on any atom is -0.480 e. The summed E-state index contributed by atoms with van der Waals surface area (Å²) >= 11 is 0. The summed E-state index contributed by atoms with van der Waals surface area (Å²) in [5.41, 5.74) is 0. The van der Waals surface area contributed by atoms with Crippen molar-refractivity contribution in [2.75, 3.05) is 13.2 Å². The predicted octanol–water partition coefficient (Wildman–Crippen LogP) is 0.898. The molecule has 0 bridgehead atoms. The van der Waals surface area contributed by atoms with E-state index in [9.17, 15) is 14.7 Å². The van der Waals surface area contributed by atoms with Crippen molar-refractivity contribution < 1.29 is 19.8 Å². The molecule has 0 aromatic rings. The van der Waals surface area contributed by atoms with E-state index in [2.05, 4.69) is 5.32 Å². The van der Waals surface area contributed by atoms with Gasteiger partial charge in [0.15, 0.2) is 0 Å². The Kier molecular flexibility index (Phi) is 5.60. The summed E-state index contributed by atoms with van der Waals surface area (Å²) in [6, 6.07) is -1.49. The molecule has 0 saturated carbocycles. The van der Waals surface area contributed by atoms with Gasteiger partial charge in [0.05, 0.1) is 12.6 Å². The number of hydrogen-bond acceptors (Lipinski definition) is 3. The molecular weight excluding hydrogens is 248 g/mol. The summed E-state index contributed by atoms with van der Waals surface area (Å²) in [6.07, 6.45) is 1.51. The fraction of sp³-hybridized carbons (Fsp3) is 0.846. The van der Waals surface area contributed by atoms with Crippen molar-refractivity contribution in [2.45, 2.75) is 45.7 Å². The van der Waals surface area contributed by atoms with Crippen LogP contribution in [0.2, 0.25) is 0 Å². The zero-order chi connectivity index (χ0) is 14.6. The summed E-state index contributed by atoms with van der Waals surface area (Å²) in [4.78, 5) is 24.9. The number of carbonyl (C=O) groups excluding carboxylic acids is 1. The summed E-state index contributed by atoms with van der Waals surface area (Å²) in [6.45, 7) is 6.15. The number of rotatable bonds is 5. The smallest absolute Gasteiger partial charge is 0.326 e. The van der Waals surface area contributed by atoms with Gasteiger partial charge < -0.3 is 20.4 Å². The van der Waals surface area contributed by atoms with Gasteiger partial charge in [0, 0.05) is 6.54 Å². The van der Waals surface area contributed by atoms with Crippen molar-refractivity contribution in [1.82, 2.24) is 10.2 Å². The average molecular weight is 272 g/mol. The molecule has 2 amide bonds. The van der Waals surface area contributed by atoms with Gasteiger partial charge in [-0.2, -0.15) is 0 Å². The molecule has 1 heterocycles. The Hall–Kier alpha value is -1.30. The van der Waals surface area contributed by atoms with Crippen LogP contribution in [-0.2, 0) is 4.79 Å². The Bertz CT molecular complexity index is 335. The van der Waals surface area contributed by atoms with Crippen LogP contribution >= 0.6 is 0 Å². The van der Waals surface area contributed by atoms with E-state index < -0.39 is 18.0 Å². The van der Waals surface area contributed by atoms with Gasteiger partial charge in [0.1, 0.15) is 6.04 Å². The summed E-state index contributed by atoms with van der Waals surface area (Å²) in [7, 11) is 0. The molecule has 6 nitrogen and oxygen atoms in total. The van der Waals surface area contributed by atoms with Gasteiger partial charge in [-0.25, -0.2) is 9.59 Å². The maximum absolute atomic E-state index is 12.1. The first-order valence-electron chi connectivity index (χ1n) is 6.83. The minimum absolute atomic E-state index is 0.0876. The lowest BCUT2D eigenvalue weighted by molar-refractivity contribution is -0.140. The van der Waals surface area contributed by atoms with Crippen LogP contribution in [-0.4, -0.2) is 52.3 Å². The Morgan fingerprint density at radius 2 is 2.11 bits per heavy atom. The van der Waals surface area contributed by atoms with E-state index in [1.807, 2.05) is 13.8 Å². The second-order valence-electron chi connectivity index (χ2n) is 5.36. The highest BCUT2D eigenvalue weighted by atomic mass is 16.4. The third kappa shape index (κ3) is 3.59. The molecule has 4 atom stereocenters. The number of hydrogen-bond donors (Lipinski definition) is 3. The fourth-order valence-corrected chi connectivity index (χ4v) is 2.44. The predicted molar refractivity (Wildman–Crippen MR) is 70.8 cm³/mol. The van der Waals surface area contributed by atoms with Crippen molar-refractivity contribution in [3.05, 3.63) is 0 Å². The molecule has 0 radical (unpaired) electrons. The van der Waals surface area contributed by atoms with E-state index in [4.69, 9.17) is 5.11 Å². The van der Waals surface area contributed by atoms with Gasteiger partial charge in [0.2, 0.25) is 0 Å². The van der Waals surface area contributed by atoms with E-state index in [0.29, 0.717) is 13.0 Å². The van der Waals surface area contributed by atoms with E-state index in [-0.39, 0.29) is 24.5 Å². The maximum atomic E-state index is 12.1. The number of nitrogens with one attached hydrogen (secondary N) is 1. The third-order valence-electron chi connectivity index (χ3n) is 4.09. The normalized spacial score (nSPS) is 26.0. The van der Waals surface area contributed by atoms with E-state index in [0.717, 1.165) is 6.42 Å². The van der Waals surface area contributed by atoms with Gasteiger partial charge in [-0.3, -0.25) is 0 Å². The van der Waals surface area contributed by atoms with Gasteiger partial charge in [0.25, 0.3) is 0 Å². The van der Waals surface area contributed by atoms with Gasteiger partial charge >= 0.3 is 12.0 Å². The summed E-state index contributed by atoms with van der Waals surface area (Å²) in [5, 5.41) is 21.0. The molecular formula is C13H24N2O4. The number of amides is 2. The van der Waals surface area contributed by atoms with E-state index >= 15 is 0 Å². The van der Waals surface area contributed by atoms with E-state index in [1.54, 1.807) is 11.8 Å².